The minimum atomic E-state index is -0.643. The lowest BCUT2D eigenvalue weighted by Crippen LogP contribution is -2.51. The van der Waals surface area contributed by atoms with Crippen molar-refractivity contribution >= 4 is 11.9 Å². The van der Waals surface area contributed by atoms with Crippen LogP contribution in [0.1, 0.15) is 78.6 Å². The summed E-state index contributed by atoms with van der Waals surface area (Å²) < 4.78 is 5.05. The Kier molecular flexibility index (Phi) is 7.02. The number of esters is 1. The number of aliphatic carboxylic acids is 1. The van der Waals surface area contributed by atoms with Crippen molar-refractivity contribution in [2.75, 3.05) is 6.61 Å². The summed E-state index contributed by atoms with van der Waals surface area (Å²) in [5, 5.41) is 9.81. The van der Waals surface area contributed by atoms with Gasteiger partial charge in [-0.1, -0.05) is 13.8 Å². The van der Waals surface area contributed by atoms with Crippen LogP contribution in [0.3, 0.4) is 0 Å². The van der Waals surface area contributed by atoms with Crippen LogP contribution in [0, 0.1) is 29.1 Å². The predicted octanol–water partition coefficient (Wildman–Crippen LogP) is 4.36. The second-order valence-corrected chi connectivity index (χ2v) is 9.59. The Morgan fingerprint density at radius 1 is 1.04 bits per heavy atom. The van der Waals surface area contributed by atoms with E-state index in [0.717, 1.165) is 38.5 Å². The van der Waals surface area contributed by atoms with Gasteiger partial charge in [-0.15, -0.1) is 0 Å². The molecule has 3 aliphatic carbocycles. The number of carboxylic acids is 1. The molecule has 0 amide bonds. The van der Waals surface area contributed by atoms with Crippen LogP contribution in [0.25, 0.3) is 0 Å². The van der Waals surface area contributed by atoms with Crippen molar-refractivity contribution in [1.29, 1.82) is 0 Å². The molecule has 0 radical (unpaired) electrons. The Balaban J connectivity index is 1.48. The summed E-state index contributed by atoms with van der Waals surface area (Å²) in [5.74, 6) is 0.476. The molecule has 3 saturated carbocycles. The number of carboxylic acid groups (broad SMARTS) is 1. The number of hydrogen-bond donors (Lipinski definition) is 1. The third kappa shape index (κ3) is 4.88. The van der Waals surface area contributed by atoms with Crippen LogP contribution < -0.4 is 0 Å². The van der Waals surface area contributed by atoms with Crippen LogP contribution >= 0.6 is 0 Å². The molecular formula is C22H36O6. The lowest BCUT2D eigenvalue weighted by Gasteiger charge is -2.50. The highest BCUT2D eigenvalue weighted by molar-refractivity contribution is 5.75. The zero-order chi connectivity index (χ0) is 20.3. The molecule has 5 atom stereocenters. The molecule has 6 heteroatoms. The average Bonchev–Trinajstić information content (AvgIpc) is 2.62. The predicted molar refractivity (Wildman–Crippen MR) is 103 cm³/mol. The fourth-order valence-electron chi connectivity index (χ4n) is 6.02. The Hall–Kier alpha value is -1.14. The Morgan fingerprint density at radius 3 is 2.39 bits per heavy atom. The van der Waals surface area contributed by atoms with Gasteiger partial charge in [0, 0.05) is 6.42 Å². The number of carbonyl (C=O) groups is 2. The van der Waals surface area contributed by atoms with Crippen LogP contribution in [0.2, 0.25) is 0 Å². The van der Waals surface area contributed by atoms with Gasteiger partial charge in [0.1, 0.15) is 0 Å². The van der Waals surface area contributed by atoms with Gasteiger partial charge in [0.05, 0.1) is 24.2 Å². The van der Waals surface area contributed by atoms with E-state index in [1.807, 2.05) is 6.92 Å². The molecule has 3 aliphatic rings. The SMILES string of the molecule is CCOC(=O)CC1CCC(OO[C@H]2C(C)CC3(C(=O)O)CC(C)CC2C3)CC1. The van der Waals surface area contributed by atoms with Crippen molar-refractivity contribution in [3.8, 4) is 0 Å². The van der Waals surface area contributed by atoms with E-state index in [4.69, 9.17) is 14.5 Å². The van der Waals surface area contributed by atoms with E-state index in [0.29, 0.717) is 37.7 Å². The first-order valence-corrected chi connectivity index (χ1v) is 11.0. The van der Waals surface area contributed by atoms with Gasteiger partial charge < -0.3 is 9.84 Å². The fraction of sp³-hybridized carbons (Fsp3) is 0.909. The summed E-state index contributed by atoms with van der Waals surface area (Å²) >= 11 is 0. The van der Waals surface area contributed by atoms with Crippen LogP contribution in [0.15, 0.2) is 0 Å². The Morgan fingerprint density at radius 2 is 1.75 bits per heavy atom. The van der Waals surface area contributed by atoms with E-state index in [2.05, 4.69) is 13.8 Å². The van der Waals surface area contributed by atoms with Gasteiger partial charge in [0.2, 0.25) is 0 Å². The maximum Gasteiger partial charge on any atom is 0.309 e. The van der Waals surface area contributed by atoms with Gasteiger partial charge in [-0.2, -0.15) is 0 Å². The van der Waals surface area contributed by atoms with Crippen molar-refractivity contribution in [3.05, 3.63) is 0 Å². The number of rotatable bonds is 7. The zero-order valence-corrected chi connectivity index (χ0v) is 17.5. The van der Waals surface area contributed by atoms with E-state index in [-0.39, 0.29) is 30.0 Å². The second kappa shape index (κ2) is 9.12. The first-order chi connectivity index (χ1) is 13.3. The molecule has 1 N–H and O–H groups in total. The molecule has 0 aromatic rings. The van der Waals surface area contributed by atoms with Crippen molar-refractivity contribution in [2.45, 2.75) is 90.8 Å². The molecule has 28 heavy (non-hydrogen) atoms. The normalized spacial score (nSPS) is 40.7. The number of fused-ring (bicyclic) bond motifs is 2. The minimum Gasteiger partial charge on any atom is -0.481 e. The topological polar surface area (TPSA) is 82.1 Å². The van der Waals surface area contributed by atoms with E-state index in [1.165, 1.54) is 0 Å². The van der Waals surface area contributed by atoms with E-state index in [9.17, 15) is 14.7 Å². The lowest BCUT2D eigenvalue weighted by molar-refractivity contribution is -0.379. The summed E-state index contributed by atoms with van der Waals surface area (Å²) in [4.78, 5) is 35.4. The van der Waals surface area contributed by atoms with Crippen LogP contribution in [0.5, 0.6) is 0 Å². The smallest absolute Gasteiger partial charge is 0.309 e. The molecule has 6 nitrogen and oxygen atoms in total. The van der Waals surface area contributed by atoms with Crippen molar-refractivity contribution < 1.29 is 29.2 Å². The van der Waals surface area contributed by atoms with Crippen molar-refractivity contribution in [1.82, 2.24) is 0 Å². The average molecular weight is 397 g/mol. The highest BCUT2D eigenvalue weighted by Crippen LogP contribution is 2.53. The third-order valence-corrected chi connectivity index (χ3v) is 7.15. The fourth-order valence-corrected chi connectivity index (χ4v) is 6.02. The van der Waals surface area contributed by atoms with Gasteiger partial charge in [-0.05, 0) is 82.0 Å². The molecular weight excluding hydrogens is 360 g/mol. The summed E-state index contributed by atoms with van der Waals surface area (Å²) in [6.45, 7) is 6.53. The van der Waals surface area contributed by atoms with Crippen LogP contribution in [0.4, 0.5) is 0 Å². The molecule has 0 heterocycles. The molecule has 3 rings (SSSR count). The number of carbonyl (C=O) groups excluding carboxylic acids is 1. The molecule has 3 fully saturated rings. The highest BCUT2D eigenvalue weighted by atomic mass is 17.2. The molecule has 160 valence electrons. The molecule has 2 bridgehead atoms. The maximum atomic E-state index is 11.9. The zero-order valence-electron chi connectivity index (χ0n) is 17.5. The third-order valence-electron chi connectivity index (χ3n) is 7.15. The van der Waals surface area contributed by atoms with E-state index < -0.39 is 11.4 Å². The van der Waals surface area contributed by atoms with Crippen LogP contribution in [-0.4, -0.2) is 35.9 Å². The largest absolute Gasteiger partial charge is 0.481 e. The van der Waals surface area contributed by atoms with Gasteiger partial charge in [-0.25, -0.2) is 9.78 Å². The first kappa shape index (κ1) is 21.6. The summed E-state index contributed by atoms with van der Waals surface area (Å²) in [6.07, 6.45) is 7.41. The van der Waals surface area contributed by atoms with Gasteiger partial charge >= 0.3 is 11.9 Å². The van der Waals surface area contributed by atoms with Crippen molar-refractivity contribution in [2.24, 2.45) is 29.1 Å². The lowest BCUT2D eigenvalue weighted by atomic mass is 9.56. The number of hydrogen-bond acceptors (Lipinski definition) is 5. The molecule has 0 aromatic heterocycles. The highest BCUT2D eigenvalue weighted by Gasteiger charge is 2.53. The first-order valence-electron chi connectivity index (χ1n) is 11.0. The maximum absolute atomic E-state index is 11.9. The van der Waals surface area contributed by atoms with Gasteiger partial charge in [0.15, 0.2) is 0 Å². The van der Waals surface area contributed by atoms with Crippen LogP contribution in [-0.2, 0) is 24.1 Å². The van der Waals surface area contributed by atoms with E-state index >= 15 is 0 Å². The molecule has 4 unspecified atom stereocenters. The minimum absolute atomic E-state index is 0.0209. The molecule has 0 saturated heterocycles. The van der Waals surface area contributed by atoms with Crippen molar-refractivity contribution in [3.63, 3.8) is 0 Å². The summed E-state index contributed by atoms with van der Waals surface area (Å²) in [5.41, 5.74) is -0.577. The molecule has 0 aliphatic heterocycles. The number of ether oxygens (including phenoxy) is 1. The molecule has 0 aromatic carbocycles. The second-order valence-electron chi connectivity index (χ2n) is 9.59. The Bertz CT molecular complexity index is 551. The summed E-state index contributed by atoms with van der Waals surface area (Å²) in [6, 6.07) is 0. The monoisotopic (exact) mass is 396 g/mol. The molecule has 0 spiro atoms. The Labute approximate surface area is 168 Å². The van der Waals surface area contributed by atoms with Gasteiger partial charge in [-0.3, -0.25) is 9.59 Å². The quantitative estimate of drug-likeness (QED) is 0.391. The standard InChI is InChI=1S/C22H36O6/c1-4-26-19(23)10-16-5-7-18(8-6-16)27-28-20-15(3)12-22(21(24)25)11-14(2)9-17(20)13-22/h14-18,20H,4-13H2,1-3H3,(H,24,25)/t14?,15?,16?,17?,18?,20-,22?/m0/s1. The van der Waals surface area contributed by atoms with E-state index in [1.54, 1.807) is 0 Å². The summed E-state index contributed by atoms with van der Waals surface area (Å²) in [7, 11) is 0. The van der Waals surface area contributed by atoms with Gasteiger partial charge in [0.25, 0.3) is 0 Å².